The van der Waals surface area contributed by atoms with Gasteiger partial charge in [0.05, 0.1) is 18.2 Å². The van der Waals surface area contributed by atoms with E-state index in [-0.39, 0.29) is 5.56 Å². The highest BCUT2D eigenvalue weighted by molar-refractivity contribution is 9.10. The molecule has 3 rings (SSSR count). The standard InChI is InChI=1S/C17H15BrFNO3S/c1-23-17(22)14-10-4-2-3-5-13(10)24-16(14)20-15(21)11-8-9(19)6-7-12(11)18/h6-8H,2-5H2,1H3,(H,20,21). The fraction of sp³-hybridized carbons (Fsp3) is 0.294. The lowest BCUT2D eigenvalue weighted by Crippen LogP contribution is -2.15. The summed E-state index contributed by atoms with van der Waals surface area (Å²) in [6.07, 6.45) is 3.77. The number of carbonyl (C=O) groups is 2. The lowest BCUT2D eigenvalue weighted by Gasteiger charge is -2.12. The van der Waals surface area contributed by atoms with E-state index in [4.69, 9.17) is 4.74 Å². The van der Waals surface area contributed by atoms with E-state index in [2.05, 4.69) is 21.2 Å². The molecule has 24 heavy (non-hydrogen) atoms. The van der Waals surface area contributed by atoms with Gasteiger partial charge in [-0.05, 0) is 65.4 Å². The van der Waals surface area contributed by atoms with Gasteiger partial charge in [-0.15, -0.1) is 11.3 Å². The Labute approximate surface area is 151 Å². The summed E-state index contributed by atoms with van der Waals surface area (Å²) in [6, 6.07) is 3.90. The highest BCUT2D eigenvalue weighted by Crippen LogP contribution is 2.39. The van der Waals surface area contributed by atoms with Crippen LogP contribution in [-0.2, 0) is 17.6 Å². The third-order valence-corrected chi connectivity index (χ3v) is 5.86. The molecule has 1 aromatic heterocycles. The zero-order valence-corrected chi connectivity index (χ0v) is 15.4. The molecular formula is C17H15BrFNO3S. The second kappa shape index (κ2) is 7.03. The van der Waals surface area contributed by atoms with Crippen molar-refractivity contribution < 1.29 is 18.7 Å². The van der Waals surface area contributed by atoms with E-state index in [9.17, 15) is 14.0 Å². The van der Waals surface area contributed by atoms with Crippen molar-refractivity contribution in [3.63, 3.8) is 0 Å². The summed E-state index contributed by atoms with van der Waals surface area (Å²) in [6.45, 7) is 0. The summed E-state index contributed by atoms with van der Waals surface area (Å²) >= 11 is 4.64. The number of anilines is 1. The van der Waals surface area contributed by atoms with E-state index in [0.29, 0.717) is 15.0 Å². The minimum Gasteiger partial charge on any atom is -0.465 e. The molecule has 0 spiro atoms. The number of ether oxygens (including phenoxy) is 1. The average Bonchev–Trinajstić information content (AvgIpc) is 2.94. The fourth-order valence-corrected chi connectivity index (χ4v) is 4.51. The van der Waals surface area contributed by atoms with E-state index in [0.717, 1.165) is 42.2 Å². The van der Waals surface area contributed by atoms with Crippen molar-refractivity contribution >= 4 is 44.1 Å². The maximum atomic E-state index is 13.4. The number of halogens is 2. The summed E-state index contributed by atoms with van der Waals surface area (Å²) in [4.78, 5) is 25.8. The van der Waals surface area contributed by atoms with Crippen molar-refractivity contribution in [2.75, 3.05) is 12.4 Å². The largest absolute Gasteiger partial charge is 0.465 e. The number of hydrogen-bond acceptors (Lipinski definition) is 4. The van der Waals surface area contributed by atoms with Crippen LogP contribution in [0.1, 0.15) is 44.0 Å². The fourth-order valence-electron chi connectivity index (χ4n) is 2.81. The molecule has 7 heteroatoms. The Bertz CT molecular complexity index is 818. The Balaban J connectivity index is 1.97. The Morgan fingerprint density at radius 3 is 2.79 bits per heavy atom. The Hall–Kier alpha value is -1.73. The Morgan fingerprint density at radius 2 is 2.04 bits per heavy atom. The summed E-state index contributed by atoms with van der Waals surface area (Å²) < 4.78 is 18.8. The van der Waals surface area contributed by atoms with Crippen molar-refractivity contribution in [3.05, 3.63) is 50.1 Å². The third-order valence-electron chi connectivity index (χ3n) is 3.96. The van der Waals surface area contributed by atoms with Crippen LogP contribution in [0.2, 0.25) is 0 Å². The molecule has 4 nitrogen and oxygen atoms in total. The number of carbonyl (C=O) groups excluding carboxylic acids is 2. The summed E-state index contributed by atoms with van der Waals surface area (Å²) in [5.74, 6) is -1.42. The topological polar surface area (TPSA) is 55.4 Å². The van der Waals surface area contributed by atoms with Gasteiger partial charge in [-0.25, -0.2) is 9.18 Å². The van der Waals surface area contributed by atoms with E-state index >= 15 is 0 Å². The zero-order valence-electron chi connectivity index (χ0n) is 12.9. The van der Waals surface area contributed by atoms with Crippen LogP contribution >= 0.6 is 27.3 Å². The quantitative estimate of drug-likeness (QED) is 0.752. The first-order chi connectivity index (χ1) is 11.5. The molecule has 2 aromatic rings. The molecule has 0 atom stereocenters. The van der Waals surface area contributed by atoms with Gasteiger partial charge < -0.3 is 10.1 Å². The van der Waals surface area contributed by atoms with E-state index in [1.165, 1.54) is 30.6 Å². The van der Waals surface area contributed by atoms with Crippen LogP contribution in [-0.4, -0.2) is 19.0 Å². The maximum Gasteiger partial charge on any atom is 0.341 e. The van der Waals surface area contributed by atoms with Gasteiger partial charge in [0.15, 0.2) is 0 Å². The number of aryl methyl sites for hydroxylation is 1. The molecule has 0 aliphatic heterocycles. The monoisotopic (exact) mass is 411 g/mol. The second-order valence-electron chi connectivity index (χ2n) is 5.48. The minimum atomic E-state index is -0.498. The van der Waals surface area contributed by atoms with Crippen molar-refractivity contribution in [3.8, 4) is 0 Å². The van der Waals surface area contributed by atoms with Crippen molar-refractivity contribution in [1.29, 1.82) is 0 Å². The lowest BCUT2D eigenvalue weighted by molar-refractivity contribution is 0.0601. The predicted octanol–water partition coefficient (Wildman–Crippen LogP) is 4.57. The first-order valence-corrected chi connectivity index (χ1v) is 9.11. The van der Waals surface area contributed by atoms with E-state index < -0.39 is 17.7 Å². The highest BCUT2D eigenvalue weighted by Gasteiger charge is 2.27. The van der Waals surface area contributed by atoms with Crippen LogP contribution in [0, 0.1) is 5.82 Å². The number of fused-ring (bicyclic) bond motifs is 1. The zero-order chi connectivity index (χ0) is 17.3. The molecule has 0 bridgehead atoms. The highest BCUT2D eigenvalue weighted by atomic mass is 79.9. The second-order valence-corrected chi connectivity index (χ2v) is 7.44. The number of nitrogens with one attached hydrogen (secondary N) is 1. The summed E-state index contributed by atoms with van der Waals surface area (Å²) in [7, 11) is 1.32. The van der Waals surface area contributed by atoms with Gasteiger partial charge in [-0.3, -0.25) is 4.79 Å². The number of thiophene rings is 1. The number of benzene rings is 1. The number of amides is 1. The van der Waals surface area contributed by atoms with Crippen molar-refractivity contribution in [1.82, 2.24) is 0 Å². The van der Waals surface area contributed by atoms with Crippen LogP contribution in [0.3, 0.4) is 0 Å². The molecule has 1 heterocycles. The first kappa shape index (κ1) is 17.1. The number of methoxy groups -OCH3 is 1. The van der Waals surface area contributed by atoms with Crippen molar-refractivity contribution in [2.24, 2.45) is 0 Å². The predicted molar refractivity (Wildman–Crippen MR) is 94.4 cm³/mol. The molecule has 1 N–H and O–H groups in total. The molecule has 0 saturated heterocycles. The number of esters is 1. The molecule has 126 valence electrons. The molecule has 1 amide bonds. The maximum absolute atomic E-state index is 13.4. The molecular weight excluding hydrogens is 397 g/mol. The summed E-state index contributed by atoms with van der Waals surface area (Å²) in [5.41, 5.74) is 1.57. The van der Waals surface area contributed by atoms with Gasteiger partial charge in [0.1, 0.15) is 10.8 Å². The first-order valence-electron chi connectivity index (χ1n) is 7.50. The number of rotatable bonds is 3. The van der Waals surface area contributed by atoms with Gasteiger partial charge in [0.2, 0.25) is 0 Å². The molecule has 1 aliphatic carbocycles. The van der Waals surface area contributed by atoms with Crippen LogP contribution in [0.5, 0.6) is 0 Å². The van der Waals surface area contributed by atoms with Gasteiger partial charge in [0.25, 0.3) is 5.91 Å². The van der Waals surface area contributed by atoms with E-state index in [1.54, 1.807) is 0 Å². The Morgan fingerprint density at radius 1 is 1.29 bits per heavy atom. The van der Waals surface area contributed by atoms with E-state index in [1.807, 2.05) is 0 Å². The molecule has 0 radical (unpaired) electrons. The van der Waals surface area contributed by atoms with Crippen LogP contribution in [0.4, 0.5) is 9.39 Å². The lowest BCUT2D eigenvalue weighted by atomic mass is 9.95. The van der Waals surface area contributed by atoms with Gasteiger partial charge in [0, 0.05) is 9.35 Å². The minimum absolute atomic E-state index is 0.178. The van der Waals surface area contributed by atoms with Gasteiger partial charge in [-0.1, -0.05) is 0 Å². The molecule has 0 unspecified atom stereocenters. The summed E-state index contributed by atoms with van der Waals surface area (Å²) in [5, 5.41) is 3.22. The molecule has 0 fully saturated rings. The van der Waals surface area contributed by atoms with Crippen molar-refractivity contribution in [2.45, 2.75) is 25.7 Å². The third kappa shape index (κ3) is 3.23. The Kier molecular flexibility index (Phi) is 5.01. The van der Waals surface area contributed by atoms with Gasteiger partial charge in [-0.2, -0.15) is 0 Å². The van der Waals surface area contributed by atoms with Crippen LogP contribution < -0.4 is 5.32 Å². The van der Waals surface area contributed by atoms with Crippen LogP contribution in [0.15, 0.2) is 22.7 Å². The van der Waals surface area contributed by atoms with Crippen LogP contribution in [0.25, 0.3) is 0 Å². The number of hydrogen-bond donors (Lipinski definition) is 1. The van der Waals surface area contributed by atoms with Gasteiger partial charge >= 0.3 is 5.97 Å². The average molecular weight is 412 g/mol. The molecule has 1 aliphatic rings. The molecule has 1 aromatic carbocycles. The normalized spacial score (nSPS) is 13.3. The smallest absolute Gasteiger partial charge is 0.341 e. The SMILES string of the molecule is COC(=O)c1c(NC(=O)c2cc(F)ccc2Br)sc2c1CCCC2. The molecule has 0 saturated carbocycles.